The van der Waals surface area contributed by atoms with E-state index in [1.165, 1.54) is 27.9 Å². The van der Waals surface area contributed by atoms with Crippen molar-refractivity contribution in [1.82, 2.24) is 0 Å². The molecule has 0 saturated carbocycles. The average Bonchev–Trinajstić information content (AvgIpc) is 3.22. The lowest BCUT2D eigenvalue weighted by Crippen LogP contribution is -2.59. The Hall–Kier alpha value is -3.66. The number of hydrogen-bond donors (Lipinski definition) is 5. The van der Waals surface area contributed by atoms with Gasteiger partial charge in [-0.25, -0.2) is 0 Å². The van der Waals surface area contributed by atoms with Gasteiger partial charge in [-0.05, 0) is 104 Å². The van der Waals surface area contributed by atoms with E-state index in [9.17, 15) is 25.5 Å². The van der Waals surface area contributed by atoms with Gasteiger partial charge in [-0.3, -0.25) is 0 Å². The highest BCUT2D eigenvalue weighted by atomic mass is 16.7. The Morgan fingerprint density at radius 1 is 0.619 bits per heavy atom. The van der Waals surface area contributed by atoms with Gasteiger partial charge >= 0.3 is 0 Å². The first-order valence-corrected chi connectivity index (χ1v) is 23.0. The molecule has 0 amide bonds. The molecule has 1 heterocycles. The van der Waals surface area contributed by atoms with Gasteiger partial charge in [-0.1, -0.05) is 182 Å². The summed E-state index contributed by atoms with van der Waals surface area (Å²) < 4.78 is 11.2. The lowest BCUT2D eigenvalue weighted by atomic mass is 9.61. The molecule has 0 aromatic rings. The second-order valence-corrected chi connectivity index (χ2v) is 19.6. The molecule has 0 aromatic carbocycles. The summed E-state index contributed by atoms with van der Waals surface area (Å²) in [4.78, 5) is 0. The normalized spacial score (nSPS) is 30.7. The molecular formula is C56H82O7. The molecule has 0 aromatic heterocycles. The van der Waals surface area contributed by atoms with Crippen LogP contribution in [0.15, 0.2) is 154 Å². The lowest BCUT2D eigenvalue weighted by molar-refractivity contribution is -0.299. The molecule has 348 valence electrons. The third-order valence-electron chi connectivity index (χ3n) is 13.6. The third kappa shape index (κ3) is 16.4. The van der Waals surface area contributed by atoms with E-state index in [-0.39, 0.29) is 24.0 Å². The average molecular weight is 867 g/mol. The smallest absolute Gasteiger partial charge is 0.187 e. The zero-order chi connectivity index (χ0) is 46.9. The summed E-state index contributed by atoms with van der Waals surface area (Å²) in [6.07, 6.45) is 37.1. The van der Waals surface area contributed by atoms with Crippen LogP contribution in [0, 0.1) is 34.5 Å². The maximum absolute atomic E-state index is 10.3. The zero-order valence-corrected chi connectivity index (χ0v) is 40.6. The van der Waals surface area contributed by atoms with Crippen molar-refractivity contribution < 1.29 is 35.0 Å². The monoisotopic (exact) mass is 867 g/mol. The second-order valence-electron chi connectivity index (χ2n) is 19.6. The summed E-state index contributed by atoms with van der Waals surface area (Å²) in [7, 11) is 0. The van der Waals surface area contributed by atoms with Crippen LogP contribution in [0.2, 0.25) is 0 Å². The van der Waals surface area contributed by atoms with Gasteiger partial charge in [-0.15, -0.1) is 0 Å². The first kappa shape index (κ1) is 53.7. The fourth-order valence-electron chi connectivity index (χ4n) is 8.86. The molecule has 1 fully saturated rings. The Bertz CT molecular complexity index is 1900. The summed E-state index contributed by atoms with van der Waals surface area (Å²) in [5, 5.41) is 49.3. The molecule has 7 heteroatoms. The fourth-order valence-corrected chi connectivity index (χ4v) is 8.86. The van der Waals surface area contributed by atoms with Gasteiger partial charge in [0.25, 0.3) is 0 Å². The summed E-state index contributed by atoms with van der Waals surface area (Å²) in [5.41, 5.74) is 9.76. The molecule has 0 spiro atoms. The minimum absolute atomic E-state index is 0.0231. The number of rotatable bonds is 19. The fraction of sp³-hybridized carbons (Fsp3) is 0.536. The predicted octanol–water partition coefficient (Wildman–Crippen LogP) is 11.3. The van der Waals surface area contributed by atoms with E-state index >= 15 is 0 Å². The second kappa shape index (κ2) is 25.7. The molecule has 2 aliphatic carbocycles. The van der Waals surface area contributed by atoms with Crippen molar-refractivity contribution in [2.24, 2.45) is 34.5 Å². The summed E-state index contributed by atoms with van der Waals surface area (Å²) >= 11 is 0. The first-order chi connectivity index (χ1) is 29.7. The number of allylic oxidation sites excluding steroid dienone is 24. The Morgan fingerprint density at radius 3 is 1.49 bits per heavy atom. The molecule has 0 bridgehead atoms. The summed E-state index contributed by atoms with van der Waals surface area (Å²) in [6.45, 7) is 26.3. The highest BCUT2D eigenvalue weighted by Gasteiger charge is 2.44. The van der Waals surface area contributed by atoms with Gasteiger partial charge in [-0.2, -0.15) is 0 Å². The number of aliphatic hydroxyl groups is 5. The minimum atomic E-state index is -1.45. The van der Waals surface area contributed by atoms with Crippen LogP contribution < -0.4 is 0 Å². The van der Waals surface area contributed by atoms with E-state index in [0.717, 1.165) is 42.4 Å². The lowest BCUT2D eigenvalue weighted by Gasteiger charge is -2.43. The van der Waals surface area contributed by atoms with Crippen LogP contribution in [-0.2, 0) is 9.47 Å². The molecule has 0 unspecified atom stereocenters. The molecule has 7 nitrogen and oxygen atoms in total. The van der Waals surface area contributed by atoms with E-state index in [1.807, 2.05) is 13.8 Å². The Labute approximate surface area is 381 Å². The van der Waals surface area contributed by atoms with Crippen LogP contribution in [0.4, 0.5) is 0 Å². The van der Waals surface area contributed by atoms with E-state index < -0.39 is 37.3 Å². The van der Waals surface area contributed by atoms with Crippen LogP contribution >= 0.6 is 0 Å². The summed E-state index contributed by atoms with van der Waals surface area (Å²) in [6, 6.07) is 0. The third-order valence-corrected chi connectivity index (χ3v) is 13.6. The largest absolute Gasteiger partial charge is 0.394 e. The number of ether oxygens (including phenoxy) is 2. The standard InChI is InChI=1S/C56H82O7/c1-38(19-15-21-40(3)25-33-48-44(7)27-31-46(55(48,9)10)29-23-42(5)35-57)17-13-14-18-39(2)20-16-22-41(4)26-34-49-45(8)28-32-47(56(49,11)12)30-24-43(6)37-62-54-53(61)52(60)51(59)50(36-58)63-54/h13-28,33-34,46-54,57-61H,29-32,35-37H2,1-12H3/b14-13+,19-15+,20-16+,33-25+,34-26+,38-17+,39-18+,40-21+,41-22+,42-23+,43-24+/t46-,47-,48+,49-,50+,51+,52-,53-,54+/m0/s1. The molecular weight excluding hydrogens is 785 g/mol. The Balaban J connectivity index is 1.51. The van der Waals surface area contributed by atoms with Gasteiger partial charge in [0, 0.05) is 11.8 Å². The Kier molecular flexibility index (Phi) is 21.9. The highest BCUT2D eigenvalue weighted by molar-refractivity contribution is 5.33. The molecule has 3 aliphatic rings. The molecule has 9 atom stereocenters. The van der Waals surface area contributed by atoms with E-state index in [4.69, 9.17) is 9.47 Å². The van der Waals surface area contributed by atoms with Gasteiger partial charge < -0.3 is 35.0 Å². The molecule has 3 rings (SSSR count). The maximum Gasteiger partial charge on any atom is 0.187 e. The molecule has 5 N–H and O–H groups in total. The maximum atomic E-state index is 10.3. The van der Waals surface area contributed by atoms with Gasteiger partial charge in [0.2, 0.25) is 0 Å². The predicted molar refractivity (Wildman–Crippen MR) is 263 cm³/mol. The van der Waals surface area contributed by atoms with Crippen LogP contribution in [0.3, 0.4) is 0 Å². The number of aliphatic hydroxyl groups excluding tert-OH is 5. The minimum Gasteiger partial charge on any atom is -0.394 e. The van der Waals surface area contributed by atoms with Crippen LogP contribution in [0.25, 0.3) is 0 Å². The van der Waals surface area contributed by atoms with Crippen LogP contribution in [0.5, 0.6) is 0 Å². The van der Waals surface area contributed by atoms with E-state index in [0.29, 0.717) is 23.7 Å². The molecule has 1 aliphatic heterocycles. The van der Waals surface area contributed by atoms with Gasteiger partial charge in [0.1, 0.15) is 24.4 Å². The van der Waals surface area contributed by atoms with Crippen molar-refractivity contribution in [1.29, 1.82) is 0 Å². The van der Waals surface area contributed by atoms with Crippen molar-refractivity contribution in [3.8, 4) is 0 Å². The number of hydrogen-bond acceptors (Lipinski definition) is 7. The van der Waals surface area contributed by atoms with Crippen molar-refractivity contribution in [2.75, 3.05) is 19.8 Å². The summed E-state index contributed by atoms with van der Waals surface area (Å²) in [5.74, 6) is 1.64. The van der Waals surface area contributed by atoms with Gasteiger partial charge in [0.15, 0.2) is 6.29 Å². The van der Waals surface area contributed by atoms with E-state index in [2.05, 4.69) is 179 Å². The molecule has 1 saturated heterocycles. The van der Waals surface area contributed by atoms with Crippen LogP contribution in [0.1, 0.15) is 109 Å². The first-order valence-electron chi connectivity index (χ1n) is 23.0. The van der Waals surface area contributed by atoms with Crippen molar-refractivity contribution >= 4 is 0 Å². The zero-order valence-electron chi connectivity index (χ0n) is 40.6. The van der Waals surface area contributed by atoms with Gasteiger partial charge in [0.05, 0.1) is 19.8 Å². The van der Waals surface area contributed by atoms with Crippen LogP contribution in [-0.4, -0.2) is 76.1 Å². The van der Waals surface area contributed by atoms with Crippen molar-refractivity contribution in [2.45, 2.75) is 139 Å². The highest BCUT2D eigenvalue weighted by Crippen LogP contribution is 2.49. The molecule has 0 radical (unpaired) electrons. The SMILES string of the molecule is CC1=CC[C@H](C/C=C(\C)CO)C(C)(C)[C@@H]1/C=C/C(C)=C/C=C/C(C)=C/C=C/C=C(C)/C=C/C=C(C)/C=C/[C@H]1C(C)=CC[C@H](C/C=C(\C)CO[C@@H]2O[C@H](CO)[C@@H](O)[C@H](O)[C@@H]2O)C1(C)C. The van der Waals surface area contributed by atoms with Crippen molar-refractivity contribution in [3.05, 3.63) is 154 Å². The van der Waals surface area contributed by atoms with E-state index in [1.54, 1.807) is 0 Å². The topological polar surface area (TPSA) is 120 Å². The Morgan fingerprint density at radius 2 is 1.05 bits per heavy atom. The quantitative estimate of drug-likeness (QED) is 0.0648. The van der Waals surface area contributed by atoms with Crippen molar-refractivity contribution in [3.63, 3.8) is 0 Å². The molecule has 63 heavy (non-hydrogen) atoms.